The van der Waals surface area contributed by atoms with E-state index in [4.69, 9.17) is 0 Å². The molecule has 8 heteroatoms. The molecule has 0 aliphatic heterocycles. The van der Waals surface area contributed by atoms with Crippen molar-refractivity contribution in [2.75, 3.05) is 5.32 Å². The molecule has 2 amide bonds. The summed E-state index contributed by atoms with van der Waals surface area (Å²) in [6.07, 6.45) is 3.33. The summed E-state index contributed by atoms with van der Waals surface area (Å²) in [5, 5.41) is 17.1. The maximum absolute atomic E-state index is 13.9. The van der Waals surface area contributed by atoms with Crippen LogP contribution in [0.2, 0.25) is 0 Å². The molecule has 3 aromatic carbocycles. The molecule has 5 rings (SSSR count). The summed E-state index contributed by atoms with van der Waals surface area (Å²) in [5.41, 5.74) is 5.76. The van der Waals surface area contributed by atoms with E-state index in [9.17, 15) is 9.59 Å². The van der Waals surface area contributed by atoms with Crippen molar-refractivity contribution < 1.29 is 9.59 Å². The summed E-state index contributed by atoms with van der Waals surface area (Å²) in [5.74, 6) is -1.14. The average Bonchev–Trinajstić information content (AvgIpc) is 3.57. The number of aryl methyl sites for hydroxylation is 2. The highest BCUT2D eigenvalue weighted by atomic mass is 16.2. The summed E-state index contributed by atoms with van der Waals surface area (Å²) in [7, 11) is 1.69. The number of nitrogens with zero attached hydrogens (tertiary/aromatic N) is 3. The Morgan fingerprint density at radius 2 is 1.50 bits per heavy atom. The Bertz CT molecular complexity index is 1480. The third kappa shape index (κ3) is 5.24. The van der Waals surface area contributed by atoms with E-state index in [2.05, 4.69) is 25.9 Å². The van der Waals surface area contributed by atoms with Gasteiger partial charge in [0, 0.05) is 36.1 Å². The van der Waals surface area contributed by atoms with Gasteiger partial charge in [-0.1, -0.05) is 72.8 Å². The number of benzene rings is 3. The monoisotopic (exact) mass is 504 g/mol. The van der Waals surface area contributed by atoms with Crippen molar-refractivity contribution in [3.8, 4) is 11.1 Å². The largest absolute Gasteiger partial charge is 0.338 e. The summed E-state index contributed by atoms with van der Waals surface area (Å²) < 4.78 is 1.49. The third-order valence-corrected chi connectivity index (χ3v) is 6.57. The number of hydrogen-bond donors (Lipinski definition) is 3. The van der Waals surface area contributed by atoms with Crippen LogP contribution in [0.5, 0.6) is 0 Å². The van der Waals surface area contributed by atoms with E-state index < -0.39 is 12.0 Å². The second-order valence-electron chi connectivity index (χ2n) is 9.07. The van der Waals surface area contributed by atoms with E-state index in [1.807, 2.05) is 91.9 Å². The van der Waals surface area contributed by atoms with Gasteiger partial charge < -0.3 is 10.6 Å². The molecule has 0 aliphatic rings. The van der Waals surface area contributed by atoms with Crippen LogP contribution in [-0.2, 0) is 11.8 Å². The van der Waals surface area contributed by atoms with Gasteiger partial charge in [-0.05, 0) is 41.8 Å². The highest BCUT2D eigenvalue weighted by Crippen LogP contribution is 2.30. The van der Waals surface area contributed by atoms with Gasteiger partial charge in [0.15, 0.2) is 0 Å². The highest BCUT2D eigenvalue weighted by molar-refractivity contribution is 6.01. The normalized spacial score (nSPS) is 11.8. The molecule has 2 aromatic heterocycles. The Labute approximate surface area is 220 Å². The lowest BCUT2D eigenvalue weighted by molar-refractivity contribution is -0.118. The van der Waals surface area contributed by atoms with E-state index in [-0.39, 0.29) is 11.8 Å². The second-order valence-corrected chi connectivity index (χ2v) is 9.07. The number of nitrogens with one attached hydrogen (secondary N) is 3. The van der Waals surface area contributed by atoms with Crippen LogP contribution in [0.15, 0.2) is 103 Å². The Morgan fingerprint density at radius 1 is 0.868 bits per heavy atom. The number of carbonyl (C=O) groups excluding carboxylic acids is 2. The van der Waals surface area contributed by atoms with Crippen LogP contribution in [-0.4, -0.2) is 37.8 Å². The lowest BCUT2D eigenvalue weighted by Gasteiger charge is -2.28. The SMILES string of the molecule is Cc1[nH]ncc1-c1ccc(NC(=O)[C@@H](NC(=O)c2ccnn2C)C(c2ccccc2)c2ccccc2)cc1. The molecule has 0 fully saturated rings. The molecule has 0 saturated carbocycles. The first-order valence-electron chi connectivity index (χ1n) is 12.3. The predicted molar refractivity (Wildman–Crippen MR) is 147 cm³/mol. The Morgan fingerprint density at radius 3 is 2.03 bits per heavy atom. The Kier molecular flexibility index (Phi) is 7.13. The van der Waals surface area contributed by atoms with Crippen LogP contribution >= 0.6 is 0 Å². The lowest BCUT2D eigenvalue weighted by Crippen LogP contribution is -2.48. The number of amides is 2. The van der Waals surface area contributed by atoms with Crippen LogP contribution in [0.4, 0.5) is 5.69 Å². The van der Waals surface area contributed by atoms with Gasteiger partial charge in [-0.3, -0.25) is 19.4 Å². The lowest BCUT2D eigenvalue weighted by atomic mass is 9.84. The molecule has 8 nitrogen and oxygen atoms in total. The quantitative estimate of drug-likeness (QED) is 0.285. The van der Waals surface area contributed by atoms with Gasteiger partial charge in [0.05, 0.1) is 6.20 Å². The molecule has 0 aliphatic carbocycles. The first-order valence-corrected chi connectivity index (χ1v) is 12.3. The van der Waals surface area contributed by atoms with E-state index in [1.165, 1.54) is 4.68 Å². The zero-order valence-corrected chi connectivity index (χ0v) is 21.1. The van der Waals surface area contributed by atoms with E-state index in [0.29, 0.717) is 11.4 Å². The van der Waals surface area contributed by atoms with Gasteiger partial charge in [0.1, 0.15) is 11.7 Å². The molecule has 3 N–H and O–H groups in total. The van der Waals surface area contributed by atoms with Crippen molar-refractivity contribution in [2.45, 2.75) is 18.9 Å². The van der Waals surface area contributed by atoms with Crippen molar-refractivity contribution in [2.24, 2.45) is 7.05 Å². The van der Waals surface area contributed by atoms with Crippen molar-refractivity contribution in [1.29, 1.82) is 0 Å². The van der Waals surface area contributed by atoms with Crippen molar-refractivity contribution in [3.05, 3.63) is 126 Å². The molecule has 190 valence electrons. The molecule has 0 bridgehead atoms. The maximum atomic E-state index is 13.9. The van der Waals surface area contributed by atoms with E-state index in [0.717, 1.165) is 27.9 Å². The summed E-state index contributed by atoms with van der Waals surface area (Å²) in [4.78, 5) is 27.2. The fourth-order valence-electron chi connectivity index (χ4n) is 4.61. The average molecular weight is 505 g/mol. The zero-order valence-electron chi connectivity index (χ0n) is 21.1. The number of aromatic amines is 1. The van der Waals surface area contributed by atoms with Gasteiger partial charge in [-0.2, -0.15) is 10.2 Å². The minimum Gasteiger partial charge on any atom is -0.338 e. The smallest absolute Gasteiger partial charge is 0.270 e. The molecule has 38 heavy (non-hydrogen) atoms. The second kappa shape index (κ2) is 11.0. The first kappa shape index (κ1) is 24.7. The number of rotatable bonds is 8. The summed E-state index contributed by atoms with van der Waals surface area (Å²) in [6.45, 7) is 1.96. The zero-order chi connectivity index (χ0) is 26.5. The minimum atomic E-state index is -0.905. The molecule has 0 unspecified atom stereocenters. The fraction of sp³-hybridized carbons (Fsp3) is 0.133. The minimum absolute atomic E-state index is 0.328. The molecule has 2 heterocycles. The Hall–Kier alpha value is -4.98. The van der Waals surface area contributed by atoms with Gasteiger partial charge in [0.25, 0.3) is 5.91 Å². The number of carbonyl (C=O) groups is 2. The van der Waals surface area contributed by atoms with E-state index >= 15 is 0 Å². The topological polar surface area (TPSA) is 105 Å². The molecule has 1 atom stereocenters. The summed E-state index contributed by atoms with van der Waals surface area (Å²) >= 11 is 0. The van der Waals surface area contributed by atoms with Crippen molar-refractivity contribution >= 4 is 17.5 Å². The van der Waals surface area contributed by atoms with Gasteiger partial charge in [0.2, 0.25) is 5.91 Å². The maximum Gasteiger partial charge on any atom is 0.270 e. The van der Waals surface area contributed by atoms with Gasteiger partial charge in [-0.15, -0.1) is 0 Å². The number of anilines is 1. The van der Waals surface area contributed by atoms with Crippen molar-refractivity contribution in [1.82, 2.24) is 25.3 Å². The molecular weight excluding hydrogens is 476 g/mol. The molecule has 5 aromatic rings. The molecule has 0 radical (unpaired) electrons. The van der Waals surface area contributed by atoms with E-state index in [1.54, 1.807) is 25.5 Å². The predicted octanol–water partition coefficient (Wildman–Crippen LogP) is 4.69. The highest BCUT2D eigenvalue weighted by Gasteiger charge is 2.33. The van der Waals surface area contributed by atoms with Crippen molar-refractivity contribution in [3.63, 3.8) is 0 Å². The fourth-order valence-corrected chi connectivity index (χ4v) is 4.61. The summed E-state index contributed by atoms with van der Waals surface area (Å²) in [6, 6.07) is 27.7. The number of H-pyrrole nitrogens is 1. The Balaban J connectivity index is 1.49. The van der Waals surface area contributed by atoms with Crippen LogP contribution < -0.4 is 10.6 Å². The van der Waals surface area contributed by atoms with Gasteiger partial charge >= 0.3 is 0 Å². The number of hydrogen-bond acceptors (Lipinski definition) is 4. The van der Waals surface area contributed by atoms with Crippen LogP contribution in [0.25, 0.3) is 11.1 Å². The van der Waals surface area contributed by atoms with Crippen LogP contribution in [0, 0.1) is 6.92 Å². The van der Waals surface area contributed by atoms with Crippen LogP contribution in [0.3, 0.4) is 0 Å². The standard InChI is InChI=1S/C30H28N6O2/c1-20-25(19-31-35-20)21-13-15-24(16-14-21)33-30(38)28(34-29(37)26-17-18-32-36(26)2)27(22-9-5-3-6-10-22)23-11-7-4-8-12-23/h3-19,27-28H,1-2H3,(H,31,35)(H,33,38)(H,34,37)/t28-/m0/s1. The molecular formula is C30H28N6O2. The van der Waals surface area contributed by atoms with Gasteiger partial charge in [-0.25, -0.2) is 0 Å². The number of aromatic nitrogens is 4. The van der Waals surface area contributed by atoms with Crippen LogP contribution in [0.1, 0.15) is 33.2 Å². The first-order chi connectivity index (χ1) is 18.5. The third-order valence-electron chi connectivity index (χ3n) is 6.57. The molecule has 0 spiro atoms. The molecule has 0 saturated heterocycles.